The largest absolute Gasteiger partial charge is 0.330 e. The second-order valence-electron chi connectivity index (χ2n) is 5.22. The molecule has 0 atom stereocenters. The van der Waals surface area contributed by atoms with Crippen molar-refractivity contribution < 1.29 is 8.78 Å². The quantitative estimate of drug-likeness (QED) is 0.647. The molecule has 0 amide bonds. The van der Waals surface area contributed by atoms with Gasteiger partial charge in [-0.15, -0.1) is 0 Å². The lowest BCUT2D eigenvalue weighted by molar-refractivity contribution is 0.586. The fraction of sp³-hybridized carbons (Fsp3) is 0.0588. The number of halogens is 3. The highest BCUT2D eigenvalue weighted by atomic mass is 35.5. The van der Waals surface area contributed by atoms with Crippen LogP contribution in [0, 0.1) is 11.6 Å². The third-order valence-electron chi connectivity index (χ3n) is 3.36. The Labute approximate surface area is 153 Å². The summed E-state index contributed by atoms with van der Waals surface area (Å²) in [5.41, 5.74) is 1.65. The van der Waals surface area contributed by atoms with E-state index in [1.807, 2.05) is 24.3 Å². The van der Waals surface area contributed by atoms with Crippen molar-refractivity contribution in [3.63, 3.8) is 0 Å². The zero-order valence-electron chi connectivity index (χ0n) is 12.8. The SMILES string of the molecule is Fc1ccc(NC(=S)Nc2cnn(Cc3ccccc3Cl)c2)c(F)c1. The van der Waals surface area contributed by atoms with E-state index in [0.29, 0.717) is 17.3 Å². The number of aromatic nitrogens is 2. The molecule has 0 saturated heterocycles. The molecule has 1 aromatic heterocycles. The molecular weight excluding hydrogens is 366 g/mol. The number of benzene rings is 2. The third-order valence-corrected chi connectivity index (χ3v) is 3.93. The first-order valence-electron chi connectivity index (χ1n) is 7.30. The van der Waals surface area contributed by atoms with Crippen molar-refractivity contribution in [3.05, 3.63) is 77.1 Å². The van der Waals surface area contributed by atoms with Gasteiger partial charge in [-0.2, -0.15) is 5.10 Å². The number of anilines is 2. The van der Waals surface area contributed by atoms with Gasteiger partial charge >= 0.3 is 0 Å². The minimum Gasteiger partial charge on any atom is -0.330 e. The Morgan fingerprint density at radius 3 is 2.72 bits per heavy atom. The molecule has 8 heteroatoms. The molecule has 0 aliphatic heterocycles. The Hall–Kier alpha value is -2.51. The highest BCUT2D eigenvalue weighted by Crippen LogP contribution is 2.18. The number of nitrogens with zero attached hydrogens (tertiary/aromatic N) is 2. The molecular formula is C17H13ClF2N4S. The Morgan fingerprint density at radius 1 is 1.16 bits per heavy atom. The van der Waals surface area contributed by atoms with Crippen LogP contribution in [0.4, 0.5) is 20.2 Å². The molecule has 0 aliphatic rings. The van der Waals surface area contributed by atoms with Crippen LogP contribution >= 0.6 is 23.8 Å². The molecule has 2 N–H and O–H groups in total. The lowest BCUT2D eigenvalue weighted by Crippen LogP contribution is -2.19. The Kier molecular flexibility index (Phi) is 5.25. The van der Waals surface area contributed by atoms with Gasteiger partial charge in [0.1, 0.15) is 11.6 Å². The molecule has 128 valence electrons. The van der Waals surface area contributed by atoms with Gasteiger partial charge in [-0.1, -0.05) is 29.8 Å². The predicted octanol–water partition coefficient (Wildman–Crippen LogP) is 4.67. The second-order valence-corrected chi connectivity index (χ2v) is 6.04. The molecule has 0 saturated carbocycles. The fourth-order valence-corrected chi connectivity index (χ4v) is 2.61. The minimum absolute atomic E-state index is 0.0855. The first-order chi connectivity index (χ1) is 12.0. The van der Waals surface area contributed by atoms with Crippen LogP contribution in [0.2, 0.25) is 5.02 Å². The van der Waals surface area contributed by atoms with Crippen molar-refractivity contribution in [1.82, 2.24) is 9.78 Å². The summed E-state index contributed by atoms with van der Waals surface area (Å²) in [6, 6.07) is 10.7. The van der Waals surface area contributed by atoms with E-state index in [0.717, 1.165) is 17.7 Å². The number of rotatable bonds is 4. The normalized spacial score (nSPS) is 10.5. The van der Waals surface area contributed by atoms with Crippen LogP contribution in [0.5, 0.6) is 0 Å². The average molecular weight is 379 g/mol. The van der Waals surface area contributed by atoms with E-state index in [1.165, 1.54) is 6.07 Å². The van der Waals surface area contributed by atoms with Crippen LogP contribution in [0.15, 0.2) is 54.9 Å². The summed E-state index contributed by atoms with van der Waals surface area (Å²) in [5.74, 6) is -1.37. The third kappa shape index (κ3) is 4.52. The summed E-state index contributed by atoms with van der Waals surface area (Å²) in [6.45, 7) is 0.508. The average Bonchev–Trinajstić information content (AvgIpc) is 2.99. The van der Waals surface area contributed by atoms with Crippen molar-refractivity contribution in [3.8, 4) is 0 Å². The number of hydrogen-bond acceptors (Lipinski definition) is 2. The van der Waals surface area contributed by atoms with E-state index < -0.39 is 11.6 Å². The number of hydrogen-bond donors (Lipinski definition) is 2. The molecule has 0 fully saturated rings. The summed E-state index contributed by atoms with van der Waals surface area (Å²) < 4.78 is 28.2. The molecule has 1 heterocycles. The highest BCUT2D eigenvalue weighted by Gasteiger charge is 2.07. The predicted molar refractivity (Wildman–Crippen MR) is 99.0 cm³/mol. The molecule has 0 bridgehead atoms. The molecule has 25 heavy (non-hydrogen) atoms. The number of nitrogens with one attached hydrogen (secondary N) is 2. The smallest absolute Gasteiger partial charge is 0.175 e. The maximum atomic E-state index is 13.6. The highest BCUT2D eigenvalue weighted by molar-refractivity contribution is 7.80. The minimum atomic E-state index is -0.724. The van der Waals surface area contributed by atoms with Gasteiger partial charge < -0.3 is 10.6 Å². The summed E-state index contributed by atoms with van der Waals surface area (Å²) in [4.78, 5) is 0. The summed E-state index contributed by atoms with van der Waals surface area (Å²) in [5, 5.41) is 10.6. The lowest BCUT2D eigenvalue weighted by atomic mass is 10.2. The van der Waals surface area contributed by atoms with Crippen LogP contribution in [-0.4, -0.2) is 14.9 Å². The van der Waals surface area contributed by atoms with Crippen molar-refractivity contribution in [2.24, 2.45) is 0 Å². The maximum absolute atomic E-state index is 13.6. The van der Waals surface area contributed by atoms with Gasteiger partial charge in [0.15, 0.2) is 5.11 Å². The summed E-state index contributed by atoms with van der Waals surface area (Å²) in [6.07, 6.45) is 3.34. The Morgan fingerprint density at radius 2 is 1.96 bits per heavy atom. The van der Waals surface area contributed by atoms with Crippen molar-refractivity contribution >= 4 is 40.3 Å². The molecule has 0 radical (unpaired) electrons. The summed E-state index contributed by atoms with van der Waals surface area (Å²) in [7, 11) is 0. The maximum Gasteiger partial charge on any atom is 0.175 e. The van der Waals surface area contributed by atoms with Crippen LogP contribution in [0.3, 0.4) is 0 Å². The van der Waals surface area contributed by atoms with E-state index in [9.17, 15) is 8.78 Å². The van der Waals surface area contributed by atoms with Gasteiger partial charge in [-0.05, 0) is 36.0 Å². The molecule has 3 rings (SSSR count). The molecule has 0 aliphatic carbocycles. The molecule has 0 spiro atoms. The van der Waals surface area contributed by atoms with E-state index in [4.69, 9.17) is 23.8 Å². The first-order valence-corrected chi connectivity index (χ1v) is 8.09. The Balaban J connectivity index is 1.63. The van der Waals surface area contributed by atoms with E-state index in [1.54, 1.807) is 17.1 Å². The van der Waals surface area contributed by atoms with E-state index >= 15 is 0 Å². The van der Waals surface area contributed by atoms with Crippen molar-refractivity contribution in [2.45, 2.75) is 6.54 Å². The molecule has 3 aromatic rings. The summed E-state index contributed by atoms with van der Waals surface area (Å²) >= 11 is 11.3. The van der Waals surface area contributed by atoms with E-state index in [-0.39, 0.29) is 10.8 Å². The monoisotopic (exact) mass is 378 g/mol. The van der Waals surface area contributed by atoms with Crippen LogP contribution in [0.25, 0.3) is 0 Å². The van der Waals surface area contributed by atoms with Gasteiger partial charge in [0.05, 0.1) is 24.1 Å². The van der Waals surface area contributed by atoms with Gasteiger partial charge in [0.2, 0.25) is 0 Å². The lowest BCUT2D eigenvalue weighted by Gasteiger charge is -2.09. The van der Waals surface area contributed by atoms with Crippen LogP contribution < -0.4 is 10.6 Å². The van der Waals surface area contributed by atoms with Crippen LogP contribution in [0.1, 0.15) is 5.56 Å². The zero-order valence-corrected chi connectivity index (χ0v) is 14.4. The standard InChI is InChI=1S/C17H13ClF2N4S/c18-14-4-2-1-3-11(14)9-24-10-13(8-21-24)22-17(25)23-16-6-5-12(19)7-15(16)20/h1-8,10H,9H2,(H2,22,23,25). The van der Waals surface area contributed by atoms with Gasteiger partial charge in [-0.3, -0.25) is 4.68 Å². The second kappa shape index (κ2) is 7.58. The van der Waals surface area contributed by atoms with Gasteiger partial charge in [0, 0.05) is 17.3 Å². The van der Waals surface area contributed by atoms with Crippen LogP contribution in [-0.2, 0) is 6.54 Å². The topological polar surface area (TPSA) is 41.9 Å². The molecule has 2 aromatic carbocycles. The van der Waals surface area contributed by atoms with Crippen molar-refractivity contribution in [2.75, 3.05) is 10.6 Å². The van der Waals surface area contributed by atoms with Gasteiger partial charge in [-0.25, -0.2) is 8.78 Å². The zero-order chi connectivity index (χ0) is 17.8. The molecule has 4 nitrogen and oxygen atoms in total. The van der Waals surface area contributed by atoms with Crippen molar-refractivity contribution in [1.29, 1.82) is 0 Å². The Bertz CT molecular complexity index is 913. The fourth-order valence-electron chi connectivity index (χ4n) is 2.19. The number of thiocarbonyl (C=S) groups is 1. The van der Waals surface area contributed by atoms with Gasteiger partial charge in [0.25, 0.3) is 0 Å². The molecule has 0 unspecified atom stereocenters. The van der Waals surface area contributed by atoms with E-state index in [2.05, 4.69) is 15.7 Å². The first kappa shape index (κ1) is 17.3.